The lowest BCUT2D eigenvalue weighted by molar-refractivity contribution is 0.0780. The molecular weight excluding hydrogens is 522 g/mol. The minimum atomic E-state index is -0.00772. The van der Waals surface area contributed by atoms with Crippen LogP contribution in [0.1, 0.15) is 48.5 Å². The van der Waals surface area contributed by atoms with E-state index in [0.717, 1.165) is 94.1 Å². The molecule has 0 aliphatic carbocycles. The zero-order valence-electron chi connectivity index (χ0n) is 24.8. The summed E-state index contributed by atoms with van der Waals surface area (Å²) in [7, 11) is 0. The molecule has 3 aromatic carbocycles. The number of rotatable bonds is 11. The first-order chi connectivity index (χ1) is 20.6. The van der Waals surface area contributed by atoms with Gasteiger partial charge < -0.3 is 24.4 Å². The van der Waals surface area contributed by atoms with Gasteiger partial charge in [0.05, 0.1) is 17.6 Å². The smallest absolute Gasteiger partial charge is 0.253 e. The first-order valence-corrected chi connectivity index (χ1v) is 15.6. The molecule has 0 saturated carbocycles. The molecule has 1 unspecified atom stereocenters. The van der Waals surface area contributed by atoms with E-state index in [4.69, 9.17) is 9.72 Å². The Hall–Kier alpha value is -3.68. The molecule has 1 amide bonds. The van der Waals surface area contributed by atoms with E-state index in [2.05, 4.69) is 68.2 Å². The van der Waals surface area contributed by atoms with E-state index in [1.165, 1.54) is 5.56 Å². The molecule has 4 aromatic rings. The number of likely N-dealkylation sites (tertiary alicyclic amines) is 2. The topological polar surface area (TPSA) is 62.6 Å². The van der Waals surface area contributed by atoms with Gasteiger partial charge in [-0.1, -0.05) is 60.7 Å². The van der Waals surface area contributed by atoms with E-state index in [1.54, 1.807) is 0 Å². The molecule has 0 radical (unpaired) electrons. The number of hydrogen-bond donors (Lipinski definition) is 1. The minimum absolute atomic E-state index is 0.00772. The molecule has 42 heavy (non-hydrogen) atoms. The molecule has 7 heteroatoms. The van der Waals surface area contributed by atoms with Crippen molar-refractivity contribution in [2.45, 2.75) is 50.6 Å². The fourth-order valence-corrected chi connectivity index (χ4v) is 6.75. The predicted octanol–water partition coefficient (Wildman–Crippen LogP) is 5.82. The van der Waals surface area contributed by atoms with Crippen molar-refractivity contribution in [1.29, 1.82) is 0 Å². The summed E-state index contributed by atoms with van der Waals surface area (Å²) in [6.45, 7) is 8.99. The van der Waals surface area contributed by atoms with E-state index < -0.39 is 0 Å². The average Bonchev–Trinajstić information content (AvgIpc) is 3.64. The molecule has 3 heterocycles. The number of fused-ring (bicyclic) bond motifs is 1. The van der Waals surface area contributed by atoms with E-state index in [0.29, 0.717) is 12.6 Å². The normalized spacial score (nSPS) is 19.9. The van der Waals surface area contributed by atoms with Crippen molar-refractivity contribution in [3.63, 3.8) is 0 Å². The Morgan fingerprint density at radius 1 is 0.929 bits per heavy atom. The highest BCUT2D eigenvalue weighted by Crippen LogP contribution is 2.39. The summed E-state index contributed by atoms with van der Waals surface area (Å²) in [4.78, 5) is 22.9. The third-order valence-corrected chi connectivity index (χ3v) is 9.19. The number of nitrogens with one attached hydrogen (secondary N) is 1. The van der Waals surface area contributed by atoms with E-state index in [9.17, 15) is 4.79 Å². The number of carbonyl (C=O) groups is 1. The molecule has 0 spiro atoms. The molecule has 2 aliphatic rings. The van der Waals surface area contributed by atoms with E-state index >= 15 is 0 Å². The zero-order valence-corrected chi connectivity index (χ0v) is 24.8. The fraction of sp³-hybridized carbons (Fsp3) is 0.429. The highest BCUT2D eigenvalue weighted by molar-refractivity contribution is 5.94. The molecule has 7 nitrogen and oxygen atoms in total. The number of ether oxygens (including phenoxy) is 1. The minimum Gasteiger partial charge on any atom is -0.380 e. The van der Waals surface area contributed by atoms with Gasteiger partial charge in [-0.05, 0) is 69.0 Å². The Labute approximate surface area is 249 Å². The largest absolute Gasteiger partial charge is 0.380 e. The van der Waals surface area contributed by atoms with Gasteiger partial charge >= 0.3 is 0 Å². The number of benzene rings is 3. The van der Waals surface area contributed by atoms with Crippen LogP contribution in [0.3, 0.4) is 0 Å². The van der Waals surface area contributed by atoms with Gasteiger partial charge in [-0.3, -0.25) is 4.79 Å². The summed E-state index contributed by atoms with van der Waals surface area (Å²) < 4.78 is 7.93. The van der Waals surface area contributed by atoms with Crippen molar-refractivity contribution in [2.75, 3.05) is 51.3 Å². The highest BCUT2D eigenvalue weighted by Gasteiger charge is 2.41. The van der Waals surface area contributed by atoms with Crippen LogP contribution >= 0.6 is 0 Å². The van der Waals surface area contributed by atoms with Crippen LogP contribution in [0.15, 0.2) is 84.9 Å². The number of aromatic nitrogens is 2. The van der Waals surface area contributed by atoms with Gasteiger partial charge in [-0.25, -0.2) is 4.98 Å². The van der Waals surface area contributed by atoms with Crippen LogP contribution in [0.5, 0.6) is 0 Å². The lowest BCUT2D eigenvalue weighted by Crippen LogP contribution is -2.42. The monoisotopic (exact) mass is 565 g/mol. The van der Waals surface area contributed by atoms with Crippen LogP contribution in [0, 0.1) is 0 Å². The average molecular weight is 566 g/mol. The second kappa shape index (κ2) is 13.1. The van der Waals surface area contributed by atoms with Crippen molar-refractivity contribution < 1.29 is 9.53 Å². The lowest BCUT2D eigenvalue weighted by atomic mass is 9.76. The molecule has 2 aliphatic heterocycles. The number of amides is 1. The van der Waals surface area contributed by atoms with Crippen LogP contribution < -0.4 is 5.32 Å². The van der Waals surface area contributed by atoms with Crippen molar-refractivity contribution in [3.8, 4) is 0 Å². The molecule has 2 fully saturated rings. The first kappa shape index (κ1) is 28.4. The predicted molar refractivity (Wildman–Crippen MR) is 169 cm³/mol. The van der Waals surface area contributed by atoms with Gasteiger partial charge in [-0.2, -0.15) is 0 Å². The molecule has 1 N–H and O–H groups in total. The fourth-order valence-electron chi connectivity index (χ4n) is 6.75. The SMILES string of the molecule is CCOCCn1c(NC2CCN(CCC3(c4ccccc4)CCN(C(=O)c4ccccc4)C3)CC2)nc2ccccc21. The van der Waals surface area contributed by atoms with Gasteiger partial charge in [0.1, 0.15) is 0 Å². The maximum Gasteiger partial charge on any atom is 0.253 e. The number of carbonyl (C=O) groups excluding carboxylic acids is 1. The number of hydrogen-bond acceptors (Lipinski definition) is 5. The second-order valence-corrected chi connectivity index (χ2v) is 11.8. The molecule has 0 bridgehead atoms. The van der Waals surface area contributed by atoms with Gasteiger partial charge in [0, 0.05) is 56.4 Å². The lowest BCUT2D eigenvalue weighted by Gasteiger charge is -2.36. The summed E-state index contributed by atoms with van der Waals surface area (Å²) in [5.74, 6) is 1.10. The molecular formula is C35H43N5O2. The standard InChI is InChI=1S/C35H43N5O2/c1-2-42-26-25-40-32-16-10-9-15-31(32)37-34(40)36-30-17-21-38(22-18-30)23-19-35(29-13-7-4-8-14-29)20-24-39(27-35)33(41)28-11-5-3-6-12-28/h3-16,30H,2,17-27H2,1H3,(H,36,37). The van der Waals surface area contributed by atoms with Gasteiger partial charge in [0.2, 0.25) is 5.95 Å². The molecule has 1 atom stereocenters. The Kier molecular flexibility index (Phi) is 8.87. The summed E-state index contributed by atoms with van der Waals surface area (Å²) >= 11 is 0. The number of para-hydroxylation sites is 2. The van der Waals surface area contributed by atoms with Gasteiger partial charge in [0.15, 0.2) is 0 Å². The Morgan fingerprint density at radius 2 is 1.64 bits per heavy atom. The number of anilines is 1. The van der Waals surface area contributed by atoms with Crippen LogP contribution in [-0.2, 0) is 16.7 Å². The summed E-state index contributed by atoms with van der Waals surface area (Å²) in [5, 5.41) is 3.78. The molecule has 220 valence electrons. The Bertz CT molecular complexity index is 1450. The summed E-state index contributed by atoms with van der Waals surface area (Å²) in [6, 6.07) is 29.3. The Morgan fingerprint density at radius 3 is 2.40 bits per heavy atom. The van der Waals surface area contributed by atoms with Crippen molar-refractivity contribution in [2.24, 2.45) is 0 Å². The van der Waals surface area contributed by atoms with Crippen molar-refractivity contribution in [1.82, 2.24) is 19.4 Å². The zero-order chi connectivity index (χ0) is 28.8. The third kappa shape index (κ3) is 6.22. The molecule has 2 saturated heterocycles. The van der Waals surface area contributed by atoms with Crippen LogP contribution in [0.2, 0.25) is 0 Å². The van der Waals surface area contributed by atoms with Crippen LogP contribution in [0.4, 0.5) is 5.95 Å². The number of nitrogens with zero attached hydrogens (tertiary/aromatic N) is 4. The van der Waals surface area contributed by atoms with Gasteiger partial charge in [0.25, 0.3) is 5.91 Å². The van der Waals surface area contributed by atoms with Gasteiger partial charge in [-0.15, -0.1) is 0 Å². The maximum atomic E-state index is 13.3. The quantitative estimate of drug-likeness (QED) is 0.232. The van der Waals surface area contributed by atoms with E-state index in [1.807, 2.05) is 43.3 Å². The number of imidazole rings is 1. The Balaban J connectivity index is 1.08. The second-order valence-electron chi connectivity index (χ2n) is 11.8. The van der Waals surface area contributed by atoms with Crippen molar-refractivity contribution >= 4 is 22.9 Å². The van der Waals surface area contributed by atoms with E-state index in [-0.39, 0.29) is 11.3 Å². The molecule has 6 rings (SSSR count). The van der Waals surface area contributed by atoms with Crippen LogP contribution in [0.25, 0.3) is 11.0 Å². The van der Waals surface area contributed by atoms with Crippen LogP contribution in [-0.4, -0.2) is 77.2 Å². The number of piperidine rings is 1. The maximum absolute atomic E-state index is 13.3. The summed E-state index contributed by atoms with van der Waals surface area (Å²) in [5.41, 5.74) is 4.31. The van der Waals surface area contributed by atoms with Crippen molar-refractivity contribution in [3.05, 3.63) is 96.1 Å². The summed E-state index contributed by atoms with van der Waals surface area (Å²) in [6.07, 6.45) is 4.24. The molecule has 1 aromatic heterocycles. The third-order valence-electron chi connectivity index (χ3n) is 9.19. The first-order valence-electron chi connectivity index (χ1n) is 15.6. The highest BCUT2D eigenvalue weighted by atomic mass is 16.5.